The van der Waals surface area contributed by atoms with Crippen molar-refractivity contribution in [1.29, 1.82) is 0 Å². The summed E-state index contributed by atoms with van der Waals surface area (Å²) < 4.78 is 4.94. The molecule has 7 heteroatoms. The van der Waals surface area contributed by atoms with E-state index in [2.05, 4.69) is 10.6 Å². The first-order valence-corrected chi connectivity index (χ1v) is 6.81. The summed E-state index contributed by atoms with van der Waals surface area (Å²) in [5.41, 5.74) is 0.536. The molecule has 7 nitrogen and oxygen atoms in total. The highest BCUT2D eigenvalue weighted by Gasteiger charge is 2.21. The first kappa shape index (κ1) is 16.9. The van der Waals surface area contributed by atoms with E-state index in [9.17, 15) is 14.9 Å². The highest BCUT2D eigenvalue weighted by atomic mass is 16.6. The van der Waals surface area contributed by atoms with E-state index in [0.29, 0.717) is 25.3 Å². The normalized spacial score (nSPS) is 11.8. The lowest BCUT2D eigenvalue weighted by molar-refractivity contribution is -0.385. The first-order valence-electron chi connectivity index (χ1n) is 6.81. The number of amides is 1. The summed E-state index contributed by atoms with van der Waals surface area (Å²) in [5.74, 6) is -0.454. The zero-order valence-corrected chi connectivity index (χ0v) is 12.5. The first-order chi connectivity index (χ1) is 9.99. The zero-order valence-electron chi connectivity index (χ0n) is 12.5. The number of carbonyl (C=O) groups is 1. The largest absolute Gasteiger partial charge is 0.385 e. The highest BCUT2D eigenvalue weighted by Crippen LogP contribution is 2.22. The van der Waals surface area contributed by atoms with Crippen LogP contribution < -0.4 is 10.6 Å². The van der Waals surface area contributed by atoms with Crippen molar-refractivity contribution in [3.8, 4) is 0 Å². The number of rotatable bonds is 8. The minimum atomic E-state index is -0.551. The van der Waals surface area contributed by atoms with E-state index in [4.69, 9.17) is 4.74 Å². The van der Waals surface area contributed by atoms with Gasteiger partial charge in [-0.05, 0) is 32.4 Å². The molecule has 0 spiro atoms. The van der Waals surface area contributed by atoms with Crippen LogP contribution in [0.3, 0.4) is 0 Å². The fourth-order valence-corrected chi connectivity index (χ4v) is 1.86. The molecule has 0 radical (unpaired) electrons. The molecule has 0 bridgehead atoms. The van der Waals surface area contributed by atoms with E-state index >= 15 is 0 Å². The quantitative estimate of drug-likeness (QED) is 0.566. The summed E-state index contributed by atoms with van der Waals surface area (Å²) in [4.78, 5) is 22.7. The number of nitrogens with zero attached hydrogens (tertiary/aromatic N) is 1. The topological polar surface area (TPSA) is 93.5 Å². The third-order valence-corrected chi connectivity index (χ3v) is 2.95. The van der Waals surface area contributed by atoms with E-state index in [1.54, 1.807) is 13.2 Å². The van der Waals surface area contributed by atoms with Gasteiger partial charge in [-0.1, -0.05) is 0 Å². The van der Waals surface area contributed by atoms with Crippen molar-refractivity contribution in [2.75, 3.05) is 25.6 Å². The second-order valence-electron chi connectivity index (χ2n) is 4.68. The molecule has 0 aromatic heterocycles. The Kier molecular flexibility index (Phi) is 6.61. The van der Waals surface area contributed by atoms with Crippen LogP contribution in [0.2, 0.25) is 0 Å². The maximum Gasteiger partial charge on any atom is 0.282 e. The number of nitro groups is 1. The van der Waals surface area contributed by atoms with E-state index in [0.717, 1.165) is 0 Å². The number of hydrogen-bond donors (Lipinski definition) is 2. The number of benzene rings is 1. The van der Waals surface area contributed by atoms with Gasteiger partial charge in [0.25, 0.3) is 11.6 Å². The average molecular weight is 295 g/mol. The lowest BCUT2D eigenvalue weighted by atomic mass is 10.1. The number of methoxy groups -OCH3 is 1. The van der Waals surface area contributed by atoms with Crippen LogP contribution in [0.25, 0.3) is 0 Å². The third-order valence-electron chi connectivity index (χ3n) is 2.95. The summed E-state index contributed by atoms with van der Waals surface area (Å²) in [7, 11) is 1.58. The standard InChI is InChI=1S/C14H21N3O4/c1-4-15-11-5-6-13(17(19)20)12(9-11)14(18)16-10(2)7-8-21-3/h5-6,9-10,15H,4,7-8H2,1-3H3,(H,16,18). The van der Waals surface area contributed by atoms with Gasteiger partial charge in [0.05, 0.1) is 4.92 Å². The van der Waals surface area contributed by atoms with Gasteiger partial charge in [-0.15, -0.1) is 0 Å². The van der Waals surface area contributed by atoms with Gasteiger partial charge in [-0.2, -0.15) is 0 Å². The van der Waals surface area contributed by atoms with Gasteiger partial charge < -0.3 is 15.4 Å². The van der Waals surface area contributed by atoms with Crippen LogP contribution in [0.15, 0.2) is 18.2 Å². The van der Waals surface area contributed by atoms with Crippen LogP contribution in [0.5, 0.6) is 0 Å². The van der Waals surface area contributed by atoms with Gasteiger partial charge >= 0.3 is 0 Å². The van der Waals surface area contributed by atoms with Crippen LogP contribution in [0.1, 0.15) is 30.6 Å². The Morgan fingerprint density at radius 2 is 2.19 bits per heavy atom. The molecule has 2 N–H and O–H groups in total. The van der Waals surface area contributed by atoms with Gasteiger partial charge in [0.15, 0.2) is 0 Å². The lowest BCUT2D eigenvalue weighted by Crippen LogP contribution is -2.33. The molecule has 1 amide bonds. The highest BCUT2D eigenvalue weighted by molar-refractivity contribution is 5.99. The molecule has 0 aliphatic carbocycles. The number of nitrogens with one attached hydrogen (secondary N) is 2. The zero-order chi connectivity index (χ0) is 15.8. The van der Waals surface area contributed by atoms with Crippen LogP contribution >= 0.6 is 0 Å². The Bertz CT molecular complexity index is 505. The maximum absolute atomic E-state index is 12.2. The molecule has 0 fully saturated rings. The molecule has 1 aromatic rings. The summed E-state index contributed by atoms with van der Waals surface area (Å²) >= 11 is 0. The molecule has 1 unspecified atom stereocenters. The smallest absolute Gasteiger partial charge is 0.282 e. The second kappa shape index (κ2) is 8.21. The average Bonchev–Trinajstić information content (AvgIpc) is 2.45. The van der Waals surface area contributed by atoms with Crippen molar-refractivity contribution in [1.82, 2.24) is 5.32 Å². The Morgan fingerprint density at radius 1 is 1.48 bits per heavy atom. The maximum atomic E-state index is 12.2. The molecule has 0 heterocycles. The van der Waals surface area contributed by atoms with Gasteiger partial charge in [0.1, 0.15) is 5.56 Å². The van der Waals surface area contributed by atoms with Crippen LogP contribution in [-0.2, 0) is 4.74 Å². The van der Waals surface area contributed by atoms with Crippen LogP contribution in [0.4, 0.5) is 11.4 Å². The molecular weight excluding hydrogens is 274 g/mol. The van der Waals surface area contributed by atoms with Gasteiger partial charge in [-0.3, -0.25) is 14.9 Å². The summed E-state index contributed by atoms with van der Waals surface area (Å²) in [6.07, 6.45) is 0.642. The summed E-state index contributed by atoms with van der Waals surface area (Å²) in [5, 5.41) is 16.8. The van der Waals surface area contributed by atoms with Crippen molar-refractivity contribution in [2.24, 2.45) is 0 Å². The molecule has 0 saturated carbocycles. The molecule has 0 aliphatic heterocycles. The van der Waals surface area contributed by atoms with Crippen LogP contribution in [-0.4, -0.2) is 37.1 Å². The Morgan fingerprint density at radius 3 is 2.76 bits per heavy atom. The van der Waals surface area contributed by atoms with E-state index in [1.165, 1.54) is 12.1 Å². The van der Waals surface area contributed by atoms with Crippen molar-refractivity contribution < 1.29 is 14.5 Å². The number of anilines is 1. The van der Waals surface area contributed by atoms with Gasteiger partial charge in [-0.25, -0.2) is 0 Å². The van der Waals surface area contributed by atoms with E-state index in [1.807, 2.05) is 13.8 Å². The minimum Gasteiger partial charge on any atom is -0.385 e. The van der Waals surface area contributed by atoms with Crippen molar-refractivity contribution in [3.05, 3.63) is 33.9 Å². The Balaban J connectivity index is 2.94. The fourth-order valence-electron chi connectivity index (χ4n) is 1.86. The Labute approximate surface area is 123 Å². The second-order valence-corrected chi connectivity index (χ2v) is 4.68. The third kappa shape index (κ3) is 5.03. The molecule has 21 heavy (non-hydrogen) atoms. The van der Waals surface area contributed by atoms with Crippen LogP contribution in [0, 0.1) is 10.1 Å². The molecule has 1 aromatic carbocycles. The predicted octanol–water partition coefficient (Wildman–Crippen LogP) is 2.18. The molecule has 116 valence electrons. The fraction of sp³-hybridized carbons (Fsp3) is 0.500. The number of ether oxygens (including phenoxy) is 1. The summed E-state index contributed by atoms with van der Waals surface area (Å²) in [6.45, 7) is 4.93. The van der Waals surface area contributed by atoms with Crippen molar-refractivity contribution in [2.45, 2.75) is 26.3 Å². The summed E-state index contributed by atoms with van der Waals surface area (Å²) in [6, 6.07) is 4.30. The molecule has 1 atom stereocenters. The SMILES string of the molecule is CCNc1ccc([N+](=O)[O-])c(C(=O)NC(C)CCOC)c1. The van der Waals surface area contributed by atoms with E-state index in [-0.39, 0.29) is 17.3 Å². The predicted molar refractivity (Wildman–Crippen MR) is 80.7 cm³/mol. The molecule has 1 rings (SSSR count). The molecular formula is C14H21N3O4. The van der Waals surface area contributed by atoms with E-state index < -0.39 is 10.8 Å². The van der Waals surface area contributed by atoms with Crippen molar-refractivity contribution >= 4 is 17.3 Å². The molecule has 0 aliphatic rings. The van der Waals surface area contributed by atoms with Crippen molar-refractivity contribution in [3.63, 3.8) is 0 Å². The number of carbonyl (C=O) groups excluding carboxylic acids is 1. The monoisotopic (exact) mass is 295 g/mol. The minimum absolute atomic E-state index is 0.0581. The number of nitro benzene ring substituents is 1. The Hall–Kier alpha value is -2.15. The lowest BCUT2D eigenvalue weighted by Gasteiger charge is -2.14. The molecule has 0 saturated heterocycles. The number of hydrogen-bond acceptors (Lipinski definition) is 5. The van der Waals surface area contributed by atoms with Gasteiger partial charge in [0.2, 0.25) is 0 Å². The van der Waals surface area contributed by atoms with Gasteiger partial charge in [0, 0.05) is 38.1 Å².